The summed E-state index contributed by atoms with van der Waals surface area (Å²) in [6, 6.07) is 5.75. The third-order valence-corrected chi connectivity index (χ3v) is 2.17. The second kappa shape index (κ2) is 3.08. The molecule has 0 aliphatic rings. The maximum absolute atomic E-state index is 8.83. The van der Waals surface area contributed by atoms with Crippen molar-refractivity contribution in [1.29, 1.82) is 5.26 Å². The first-order valence-electron chi connectivity index (χ1n) is 3.77. The molecule has 1 heterocycles. The van der Waals surface area contributed by atoms with Gasteiger partial charge in [0.25, 0.3) is 0 Å². The number of fused-ring (bicyclic) bond motifs is 1. The first-order chi connectivity index (χ1) is 6.35. The lowest BCUT2D eigenvalue weighted by molar-refractivity contribution is 1.34. The summed E-state index contributed by atoms with van der Waals surface area (Å²) in [4.78, 5) is 6.99. The predicted octanol–water partition coefficient (Wildman–Crippen LogP) is 2.17. The largest absolute Gasteiger partial charge is 0.345 e. The second-order valence-electron chi connectivity index (χ2n) is 2.69. The molecule has 13 heavy (non-hydrogen) atoms. The number of aromatic amines is 1. The van der Waals surface area contributed by atoms with Gasteiger partial charge in [-0.15, -0.1) is 11.6 Å². The fourth-order valence-corrected chi connectivity index (χ4v) is 1.43. The fraction of sp³-hybridized carbons (Fsp3) is 0.111. The predicted molar refractivity (Wildman–Crippen MR) is 50.4 cm³/mol. The minimum absolute atomic E-state index is 0.406. The van der Waals surface area contributed by atoms with Crippen LogP contribution in [-0.2, 0) is 5.88 Å². The molecule has 0 atom stereocenters. The smallest absolute Gasteiger partial charge is 0.106 e. The molecule has 3 nitrogen and oxygen atoms in total. The Morgan fingerprint density at radius 3 is 3.08 bits per heavy atom. The van der Waals surface area contributed by atoms with Crippen molar-refractivity contribution in [3.05, 3.63) is 29.6 Å². The second-order valence-corrected chi connectivity index (χ2v) is 2.95. The number of halogens is 1. The van der Waals surface area contributed by atoms with Gasteiger partial charge in [-0.3, -0.25) is 0 Å². The number of aromatic nitrogens is 2. The maximum atomic E-state index is 8.83. The summed E-state index contributed by atoms with van der Waals surface area (Å²) in [5, 5.41) is 8.83. The SMILES string of the molecule is N#Cc1cc(CCl)cc2[nH]cnc12. The molecule has 1 N–H and O–H groups in total. The van der Waals surface area contributed by atoms with Crippen LogP contribution in [0.1, 0.15) is 11.1 Å². The summed E-state index contributed by atoms with van der Waals surface area (Å²) >= 11 is 5.68. The zero-order chi connectivity index (χ0) is 9.26. The van der Waals surface area contributed by atoms with Crippen LogP contribution in [0, 0.1) is 11.3 Å². The van der Waals surface area contributed by atoms with Crippen molar-refractivity contribution in [2.75, 3.05) is 0 Å². The topological polar surface area (TPSA) is 52.5 Å². The number of benzene rings is 1. The van der Waals surface area contributed by atoms with Crippen LogP contribution in [0.25, 0.3) is 11.0 Å². The molecule has 1 aromatic carbocycles. The van der Waals surface area contributed by atoms with Crippen molar-refractivity contribution in [2.24, 2.45) is 0 Å². The number of nitriles is 1. The van der Waals surface area contributed by atoms with E-state index in [1.165, 1.54) is 0 Å². The van der Waals surface area contributed by atoms with Gasteiger partial charge in [-0.25, -0.2) is 4.98 Å². The number of H-pyrrole nitrogens is 1. The van der Waals surface area contributed by atoms with E-state index in [9.17, 15) is 0 Å². The molecule has 4 heteroatoms. The Balaban J connectivity index is 2.79. The number of hydrogen-bond acceptors (Lipinski definition) is 2. The highest BCUT2D eigenvalue weighted by molar-refractivity contribution is 6.17. The van der Waals surface area contributed by atoms with Gasteiger partial charge in [0.1, 0.15) is 11.6 Å². The van der Waals surface area contributed by atoms with Gasteiger partial charge in [0, 0.05) is 5.88 Å². The molecular formula is C9H6ClN3. The van der Waals surface area contributed by atoms with Gasteiger partial charge >= 0.3 is 0 Å². The number of hydrogen-bond donors (Lipinski definition) is 1. The highest BCUT2D eigenvalue weighted by atomic mass is 35.5. The lowest BCUT2D eigenvalue weighted by atomic mass is 10.1. The molecule has 0 saturated carbocycles. The zero-order valence-corrected chi connectivity index (χ0v) is 7.47. The van der Waals surface area contributed by atoms with Gasteiger partial charge in [0.2, 0.25) is 0 Å². The molecule has 1 aromatic heterocycles. The van der Waals surface area contributed by atoms with E-state index in [1.807, 2.05) is 6.07 Å². The number of imidazole rings is 1. The summed E-state index contributed by atoms with van der Waals surface area (Å²) in [6.45, 7) is 0. The maximum Gasteiger partial charge on any atom is 0.106 e. The summed E-state index contributed by atoms with van der Waals surface area (Å²) < 4.78 is 0. The van der Waals surface area contributed by atoms with Crippen LogP contribution >= 0.6 is 11.6 Å². The van der Waals surface area contributed by atoms with E-state index in [0.29, 0.717) is 17.0 Å². The van der Waals surface area contributed by atoms with Crippen LogP contribution in [-0.4, -0.2) is 9.97 Å². The highest BCUT2D eigenvalue weighted by Crippen LogP contribution is 2.18. The number of alkyl halides is 1. The molecule has 0 radical (unpaired) electrons. The lowest BCUT2D eigenvalue weighted by Crippen LogP contribution is -1.83. The van der Waals surface area contributed by atoms with Crippen molar-refractivity contribution in [2.45, 2.75) is 5.88 Å². The first-order valence-corrected chi connectivity index (χ1v) is 4.30. The minimum Gasteiger partial charge on any atom is -0.345 e. The average Bonchev–Trinajstić information content (AvgIpc) is 2.63. The molecule has 64 valence electrons. The number of rotatable bonds is 1. The van der Waals surface area contributed by atoms with Crippen LogP contribution in [0.3, 0.4) is 0 Å². The molecular weight excluding hydrogens is 186 g/mol. The molecule has 0 fully saturated rings. The molecule has 0 aliphatic heterocycles. The van der Waals surface area contributed by atoms with E-state index in [0.717, 1.165) is 11.1 Å². The standard InChI is InChI=1S/C9H6ClN3/c10-3-6-1-7(4-11)9-8(2-6)12-5-13-9/h1-2,5H,3H2,(H,12,13). The first kappa shape index (κ1) is 8.09. The summed E-state index contributed by atoms with van der Waals surface area (Å²) in [6.07, 6.45) is 1.57. The molecule has 0 saturated heterocycles. The Morgan fingerprint density at radius 1 is 1.54 bits per heavy atom. The van der Waals surface area contributed by atoms with Gasteiger partial charge in [-0.05, 0) is 17.7 Å². The Labute approximate surface area is 80.0 Å². The van der Waals surface area contributed by atoms with Crippen molar-refractivity contribution in [3.63, 3.8) is 0 Å². The Hall–Kier alpha value is -1.53. The Morgan fingerprint density at radius 2 is 2.38 bits per heavy atom. The van der Waals surface area contributed by atoms with E-state index < -0.39 is 0 Å². The quantitative estimate of drug-likeness (QED) is 0.703. The van der Waals surface area contributed by atoms with Crippen molar-refractivity contribution in [1.82, 2.24) is 9.97 Å². The van der Waals surface area contributed by atoms with E-state index >= 15 is 0 Å². The Bertz CT molecular complexity index is 481. The van der Waals surface area contributed by atoms with Gasteiger partial charge in [0.15, 0.2) is 0 Å². The molecule has 0 spiro atoms. The summed E-state index contributed by atoms with van der Waals surface area (Å²) in [5.41, 5.74) is 3.05. The minimum atomic E-state index is 0.406. The number of nitrogens with one attached hydrogen (secondary N) is 1. The van der Waals surface area contributed by atoms with Gasteiger partial charge in [-0.1, -0.05) is 0 Å². The molecule has 0 unspecified atom stereocenters. The third-order valence-electron chi connectivity index (χ3n) is 1.86. The van der Waals surface area contributed by atoms with Crippen LogP contribution in [0.4, 0.5) is 0 Å². The monoisotopic (exact) mass is 191 g/mol. The number of nitrogens with zero attached hydrogens (tertiary/aromatic N) is 2. The zero-order valence-electron chi connectivity index (χ0n) is 6.71. The van der Waals surface area contributed by atoms with Crippen LogP contribution in [0.15, 0.2) is 18.5 Å². The van der Waals surface area contributed by atoms with E-state index in [4.69, 9.17) is 16.9 Å². The van der Waals surface area contributed by atoms with Crippen molar-refractivity contribution in [3.8, 4) is 6.07 Å². The lowest BCUT2D eigenvalue weighted by Gasteiger charge is -1.96. The van der Waals surface area contributed by atoms with Crippen molar-refractivity contribution >= 4 is 22.6 Å². The molecule has 0 bridgehead atoms. The van der Waals surface area contributed by atoms with Crippen LogP contribution in [0.2, 0.25) is 0 Å². The van der Waals surface area contributed by atoms with Crippen LogP contribution < -0.4 is 0 Å². The normalized spacial score (nSPS) is 10.2. The molecule has 0 amide bonds. The van der Waals surface area contributed by atoms with Crippen LogP contribution in [0.5, 0.6) is 0 Å². The van der Waals surface area contributed by atoms with Gasteiger partial charge in [-0.2, -0.15) is 5.26 Å². The van der Waals surface area contributed by atoms with E-state index in [2.05, 4.69) is 16.0 Å². The van der Waals surface area contributed by atoms with E-state index in [1.54, 1.807) is 12.4 Å². The third kappa shape index (κ3) is 1.25. The molecule has 0 aliphatic carbocycles. The summed E-state index contributed by atoms with van der Waals surface area (Å²) in [7, 11) is 0. The fourth-order valence-electron chi connectivity index (χ4n) is 1.27. The van der Waals surface area contributed by atoms with Crippen molar-refractivity contribution < 1.29 is 0 Å². The van der Waals surface area contributed by atoms with Gasteiger partial charge in [0.05, 0.1) is 17.4 Å². The molecule has 2 rings (SSSR count). The Kier molecular flexibility index (Phi) is 1.91. The average molecular weight is 192 g/mol. The van der Waals surface area contributed by atoms with Gasteiger partial charge < -0.3 is 4.98 Å². The van der Waals surface area contributed by atoms with E-state index in [-0.39, 0.29) is 0 Å². The highest BCUT2D eigenvalue weighted by Gasteiger charge is 2.04. The molecule has 2 aromatic rings. The summed E-state index contributed by atoms with van der Waals surface area (Å²) in [5.74, 6) is 0.406.